The zero-order valence-corrected chi connectivity index (χ0v) is 14.0. The van der Waals surface area contributed by atoms with Gasteiger partial charge in [0.15, 0.2) is 0 Å². The molecule has 0 radical (unpaired) electrons. The smallest absolute Gasteiger partial charge is 0.242 e. The molecular formula is C14H21ClN2O3S. The molecule has 0 saturated carbocycles. The molecular weight excluding hydrogens is 312 g/mol. The normalized spacial score (nSPS) is 16.6. The lowest BCUT2D eigenvalue weighted by Gasteiger charge is -2.21. The maximum atomic E-state index is 12.5. The first-order valence-corrected chi connectivity index (χ1v) is 8.79. The molecule has 1 aromatic carbocycles. The zero-order chi connectivity index (χ0) is 15.5. The summed E-state index contributed by atoms with van der Waals surface area (Å²) in [4.78, 5) is 2.48. The Labute approximate surface area is 131 Å². The summed E-state index contributed by atoms with van der Waals surface area (Å²) in [5.74, 6) is 0.468. The number of nitrogens with zero attached hydrogens (tertiary/aromatic N) is 2. The molecule has 7 heteroatoms. The van der Waals surface area contributed by atoms with E-state index in [1.807, 2.05) is 0 Å². The van der Waals surface area contributed by atoms with Gasteiger partial charge in [0.05, 0.1) is 17.0 Å². The third-order valence-electron chi connectivity index (χ3n) is 3.76. The first-order valence-electron chi connectivity index (χ1n) is 6.97. The molecule has 0 unspecified atom stereocenters. The fourth-order valence-corrected chi connectivity index (χ4v) is 3.91. The SMILES string of the molecule is COc1ccc(S(=O)(=O)N(C)CCN2CCCC2)cc1Cl. The summed E-state index contributed by atoms with van der Waals surface area (Å²) in [6, 6.07) is 4.53. The van der Waals surface area contributed by atoms with Gasteiger partial charge in [-0.3, -0.25) is 0 Å². The highest BCUT2D eigenvalue weighted by Gasteiger charge is 2.23. The summed E-state index contributed by atoms with van der Waals surface area (Å²) in [6.07, 6.45) is 2.40. The molecule has 118 valence electrons. The summed E-state index contributed by atoms with van der Waals surface area (Å²) in [5, 5.41) is 0.298. The molecule has 1 aromatic rings. The Morgan fingerprint density at radius 2 is 2.00 bits per heavy atom. The van der Waals surface area contributed by atoms with Crippen molar-refractivity contribution in [3.63, 3.8) is 0 Å². The molecule has 0 amide bonds. The first-order chi connectivity index (χ1) is 9.95. The fourth-order valence-electron chi connectivity index (χ4n) is 2.40. The standard InChI is InChI=1S/C14H21ClN2O3S/c1-16(9-10-17-7-3-4-8-17)21(18,19)12-5-6-14(20-2)13(15)11-12/h5-6,11H,3-4,7-10H2,1-2H3. The molecule has 0 spiro atoms. The second kappa shape index (κ2) is 6.96. The van der Waals surface area contributed by atoms with Gasteiger partial charge in [-0.25, -0.2) is 8.42 Å². The molecule has 1 aliphatic heterocycles. The molecule has 2 rings (SSSR count). The van der Waals surface area contributed by atoms with Crippen molar-refractivity contribution in [3.05, 3.63) is 23.2 Å². The van der Waals surface area contributed by atoms with Gasteiger partial charge in [-0.05, 0) is 44.1 Å². The van der Waals surface area contributed by atoms with Crippen molar-refractivity contribution < 1.29 is 13.2 Å². The van der Waals surface area contributed by atoms with Crippen LogP contribution in [0.1, 0.15) is 12.8 Å². The number of likely N-dealkylation sites (N-methyl/N-ethyl adjacent to an activating group) is 1. The minimum atomic E-state index is -3.51. The Bertz CT molecular complexity index is 586. The highest BCUT2D eigenvalue weighted by molar-refractivity contribution is 7.89. The van der Waals surface area contributed by atoms with Crippen LogP contribution in [-0.2, 0) is 10.0 Å². The average Bonchev–Trinajstić information content (AvgIpc) is 2.97. The summed E-state index contributed by atoms with van der Waals surface area (Å²) in [6.45, 7) is 3.36. The van der Waals surface area contributed by atoms with Crippen molar-refractivity contribution in [3.8, 4) is 5.75 Å². The van der Waals surface area contributed by atoms with Crippen LogP contribution in [0.2, 0.25) is 5.02 Å². The van der Waals surface area contributed by atoms with Crippen molar-refractivity contribution in [2.75, 3.05) is 40.3 Å². The maximum Gasteiger partial charge on any atom is 0.242 e. The molecule has 5 nitrogen and oxygen atoms in total. The van der Waals surface area contributed by atoms with Gasteiger partial charge in [-0.1, -0.05) is 11.6 Å². The number of benzene rings is 1. The average molecular weight is 333 g/mol. The van der Waals surface area contributed by atoms with Crippen LogP contribution < -0.4 is 4.74 Å². The molecule has 1 heterocycles. The second-order valence-corrected chi connectivity index (χ2v) is 7.62. The Kier molecular flexibility index (Phi) is 5.48. The van der Waals surface area contributed by atoms with Crippen LogP contribution in [-0.4, -0.2) is 58.0 Å². The van der Waals surface area contributed by atoms with Crippen molar-refractivity contribution in [2.24, 2.45) is 0 Å². The van der Waals surface area contributed by atoms with E-state index in [-0.39, 0.29) is 4.90 Å². The molecule has 0 N–H and O–H groups in total. The van der Waals surface area contributed by atoms with Crippen LogP contribution >= 0.6 is 11.6 Å². The monoisotopic (exact) mass is 332 g/mol. The number of halogens is 1. The van der Waals surface area contributed by atoms with Gasteiger partial charge >= 0.3 is 0 Å². The summed E-state index contributed by atoms with van der Waals surface area (Å²) >= 11 is 6.00. The summed E-state index contributed by atoms with van der Waals surface area (Å²) in [7, 11) is -0.413. The Hall–Kier alpha value is -0.820. The number of hydrogen-bond acceptors (Lipinski definition) is 4. The highest BCUT2D eigenvalue weighted by atomic mass is 35.5. The first kappa shape index (κ1) is 16.5. The number of ether oxygens (including phenoxy) is 1. The Morgan fingerprint density at radius 3 is 2.57 bits per heavy atom. The molecule has 0 aliphatic carbocycles. The highest BCUT2D eigenvalue weighted by Crippen LogP contribution is 2.28. The third kappa shape index (κ3) is 3.88. The van der Waals surface area contributed by atoms with E-state index in [1.54, 1.807) is 13.1 Å². The van der Waals surface area contributed by atoms with Gasteiger partial charge in [0, 0.05) is 20.1 Å². The number of hydrogen-bond donors (Lipinski definition) is 0. The lowest BCUT2D eigenvalue weighted by Crippen LogP contribution is -2.35. The van der Waals surface area contributed by atoms with Crippen molar-refractivity contribution in [2.45, 2.75) is 17.7 Å². The number of likely N-dealkylation sites (tertiary alicyclic amines) is 1. The Morgan fingerprint density at radius 1 is 1.33 bits per heavy atom. The van der Waals surface area contributed by atoms with Gasteiger partial charge in [-0.2, -0.15) is 4.31 Å². The van der Waals surface area contributed by atoms with Gasteiger partial charge in [0.2, 0.25) is 10.0 Å². The Balaban J connectivity index is 2.07. The lowest BCUT2D eigenvalue weighted by molar-refractivity contribution is 0.310. The fraction of sp³-hybridized carbons (Fsp3) is 0.571. The third-order valence-corrected chi connectivity index (χ3v) is 5.91. The number of sulfonamides is 1. The lowest BCUT2D eigenvalue weighted by atomic mass is 10.3. The van der Waals surface area contributed by atoms with Gasteiger partial charge < -0.3 is 9.64 Å². The van der Waals surface area contributed by atoms with Crippen LogP contribution in [0.25, 0.3) is 0 Å². The van der Waals surface area contributed by atoms with E-state index in [4.69, 9.17) is 16.3 Å². The summed E-state index contributed by atoms with van der Waals surface area (Å²) in [5.41, 5.74) is 0. The van der Waals surface area contributed by atoms with E-state index in [0.717, 1.165) is 19.6 Å². The van der Waals surface area contributed by atoms with E-state index in [0.29, 0.717) is 17.3 Å². The van der Waals surface area contributed by atoms with Crippen LogP contribution in [0, 0.1) is 0 Å². The predicted octanol–water partition coefficient (Wildman–Crippen LogP) is 2.06. The number of rotatable bonds is 6. The van der Waals surface area contributed by atoms with Crippen LogP contribution in [0.15, 0.2) is 23.1 Å². The van der Waals surface area contributed by atoms with E-state index in [9.17, 15) is 8.42 Å². The van der Waals surface area contributed by atoms with Crippen molar-refractivity contribution in [1.82, 2.24) is 9.21 Å². The van der Waals surface area contributed by atoms with Crippen molar-refractivity contribution in [1.29, 1.82) is 0 Å². The van der Waals surface area contributed by atoms with Crippen LogP contribution in [0.5, 0.6) is 5.75 Å². The molecule has 1 saturated heterocycles. The number of methoxy groups -OCH3 is 1. The van der Waals surface area contributed by atoms with E-state index < -0.39 is 10.0 Å². The predicted molar refractivity (Wildman–Crippen MR) is 83.5 cm³/mol. The maximum absolute atomic E-state index is 12.5. The minimum absolute atomic E-state index is 0.192. The summed E-state index contributed by atoms with van der Waals surface area (Å²) < 4.78 is 31.4. The van der Waals surface area contributed by atoms with E-state index in [2.05, 4.69) is 4.90 Å². The zero-order valence-electron chi connectivity index (χ0n) is 12.4. The molecule has 21 heavy (non-hydrogen) atoms. The molecule has 0 aromatic heterocycles. The molecule has 0 bridgehead atoms. The van der Waals surface area contributed by atoms with Crippen molar-refractivity contribution >= 4 is 21.6 Å². The van der Waals surface area contributed by atoms with Gasteiger partial charge in [0.1, 0.15) is 5.75 Å². The van der Waals surface area contributed by atoms with Crippen LogP contribution in [0.4, 0.5) is 0 Å². The van der Waals surface area contributed by atoms with Gasteiger partial charge in [0.25, 0.3) is 0 Å². The topological polar surface area (TPSA) is 49.9 Å². The molecule has 0 atom stereocenters. The molecule has 1 fully saturated rings. The van der Waals surface area contributed by atoms with E-state index >= 15 is 0 Å². The quantitative estimate of drug-likeness (QED) is 0.800. The largest absolute Gasteiger partial charge is 0.495 e. The minimum Gasteiger partial charge on any atom is -0.495 e. The van der Waals surface area contributed by atoms with Gasteiger partial charge in [-0.15, -0.1) is 0 Å². The second-order valence-electron chi connectivity index (χ2n) is 5.17. The van der Waals surface area contributed by atoms with Crippen LogP contribution in [0.3, 0.4) is 0 Å². The molecule has 1 aliphatic rings. The van der Waals surface area contributed by atoms with E-state index in [1.165, 1.54) is 36.4 Å².